The second-order valence-corrected chi connectivity index (χ2v) is 7.30. The smallest absolute Gasteiger partial charge is 0.0588 e. The molecular weight excluding hydrogens is 250 g/mol. The van der Waals surface area contributed by atoms with E-state index in [-0.39, 0.29) is 6.10 Å². The van der Waals surface area contributed by atoms with Crippen molar-refractivity contribution in [3.05, 3.63) is 0 Å². The van der Waals surface area contributed by atoms with Crippen LogP contribution in [0.5, 0.6) is 0 Å². The van der Waals surface area contributed by atoms with Gasteiger partial charge >= 0.3 is 0 Å². The molecule has 0 radical (unpaired) electrons. The lowest BCUT2D eigenvalue weighted by molar-refractivity contribution is -0.0669. The van der Waals surface area contributed by atoms with Gasteiger partial charge in [0.25, 0.3) is 0 Å². The van der Waals surface area contributed by atoms with Crippen LogP contribution in [0.15, 0.2) is 0 Å². The van der Waals surface area contributed by atoms with E-state index in [4.69, 9.17) is 10.5 Å². The molecule has 0 aromatic carbocycles. The fraction of sp³-hybridized carbons (Fsp3) is 1.00. The standard InChI is InChI=1S/C17H33NO2/c1-13-14(4-3-10-20-11-9-18)5-6-15-12-16(19)7-8-17(13,15)2/h13-16,19H,3-12,18H2,1-2H3/t13-,14?,15?,16-,17-/m1/s1. The minimum absolute atomic E-state index is 0.0403. The van der Waals surface area contributed by atoms with Gasteiger partial charge < -0.3 is 15.6 Å². The highest BCUT2D eigenvalue weighted by Gasteiger charge is 2.48. The van der Waals surface area contributed by atoms with Gasteiger partial charge in [-0.15, -0.1) is 0 Å². The lowest BCUT2D eigenvalue weighted by Crippen LogP contribution is -2.46. The zero-order valence-electron chi connectivity index (χ0n) is 13.3. The minimum atomic E-state index is -0.0403. The van der Waals surface area contributed by atoms with Gasteiger partial charge in [-0.25, -0.2) is 0 Å². The van der Waals surface area contributed by atoms with Crippen LogP contribution in [0, 0.1) is 23.2 Å². The first-order valence-electron chi connectivity index (χ1n) is 8.53. The Kier molecular flexibility index (Phi) is 5.88. The number of nitrogens with two attached hydrogens (primary N) is 1. The Labute approximate surface area is 124 Å². The summed E-state index contributed by atoms with van der Waals surface area (Å²) < 4.78 is 5.50. The van der Waals surface area contributed by atoms with Gasteiger partial charge in [0, 0.05) is 13.2 Å². The molecule has 0 spiro atoms. The van der Waals surface area contributed by atoms with Gasteiger partial charge in [-0.3, -0.25) is 0 Å². The Morgan fingerprint density at radius 1 is 1.25 bits per heavy atom. The Morgan fingerprint density at radius 3 is 2.80 bits per heavy atom. The summed E-state index contributed by atoms with van der Waals surface area (Å²) in [6.07, 6.45) is 8.31. The van der Waals surface area contributed by atoms with Crippen molar-refractivity contribution in [3.63, 3.8) is 0 Å². The summed E-state index contributed by atoms with van der Waals surface area (Å²) in [5.74, 6) is 2.36. The van der Waals surface area contributed by atoms with Gasteiger partial charge in [-0.05, 0) is 68.1 Å². The Hall–Kier alpha value is -0.120. The van der Waals surface area contributed by atoms with Crippen molar-refractivity contribution in [1.29, 1.82) is 0 Å². The van der Waals surface area contributed by atoms with E-state index in [9.17, 15) is 5.11 Å². The molecule has 0 saturated heterocycles. The highest BCUT2D eigenvalue weighted by Crippen LogP contribution is 2.55. The first-order chi connectivity index (χ1) is 9.58. The molecule has 3 heteroatoms. The van der Waals surface area contributed by atoms with Crippen LogP contribution < -0.4 is 5.73 Å². The van der Waals surface area contributed by atoms with Gasteiger partial charge in [0.2, 0.25) is 0 Å². The molecule has 3 N–H and O–H groups in total. The average molecular weight is 283 g/mol. The molecular formula is C17H33NO2. The van der Waals surface area contributed by atoms with E-state index >= 15 is 0 Å². The van der Waals surface area contributed by atoms with E-state index in [0.717, 1.165) is 37.2 Å². The molecule has 0 amide bonds. The molecule has 5 atom stereocenters. The summed E-state index contributed by atoms with van der Waals surface area (Å²) in [5, 5.41) is 9.91. The van der Waals surface area contributed by atoms with Crippen LogP contribution in [0.2, 0.25) is 0 Å². The topological polar surface area (TPSA) is 55.5 Å². The summed E-state index contributed by atoms with van der Waals surface area (Å²) in [6, 6.07) is 0. The average Bonchev–Trinajstić information content (AvgIpc) is 2.43. The third-order valence-corrected chi connectivity index (χ3v) is 6.26. The predicted molar refractivity (Wildman–Crippen MR) is 82.5 cm³/mol. The van der Waals surface area contributed by atoms with Crippen molar-refractivity contribution < 1.29 is 9.84 Å². The fourth-order valence-corrected chi connectivity index (χ4v) is 4.68. The fourth-order valence-electron chi connectivity index (χ4n) is 4.68. The number of hydrogen-bond acceptors (Lipinski definition) is 3. The van der Waals surface area contributed by atoms with E-state index in [1.165, 1.54) is 32.1 Å². The third-order valence-electron chi connectivity index (χ3n) is 6.26. The van der Waals surface area contributed by atoms with Gasteiger partial charge in [0.05, 0.1) is 12.7 Å². The number of rotatable bonds is 6. The minimum Gasteiger partial charge on any atom is -0.393 e. The number of ether oxygens (including phenoxy) is 1. The highest BCUT2D eigenvalue weighted by atomic mass is 16.5. The maximum absolute atomic E-state index is 9.91. The van der Waals surface area contributed by atoms with E-state index in [2.05, 4.69) is 13.8 Å². The summed E-state index contributed by atoms with van der Waals surface area (Å²) in [5.41, 5.74) is 5.89. The van der Waals surface area contributed by atoms with Crippen LogP contribution in [0.4, 0.5) is 0 Å². The number of aliphatic hydroxyl groups excluding tert-OH is 1. The zero-order valence-corrected chi connectivity index (χ0v) is 13.3. The first-order valence-corrected chi connectivity index (χ1v) is 8.53. The Balaban J connectivity index is 1.82. The summed E-state index contributed by atoms with van der Waals surface area (Å²) in [4.78, 5) is 0. The molecule has 2 saturated carbocycles. The number of hydrogen-bond donors (Lipinski definition) is 2. The monoisotopic (exact) mass is 283 g/mol. The summed E-state index contributed by atoms with van der Waals surface area (Å²) in [6.45, 7) is 7.11. The highest BCUT2D eigenvalue weighted by molar-refractivity contribution is 4.97. The molecule has 3 nitrogen and oxygen atoms in total. The molecule has 118 valence electrons. The summed E-state index contributed by atoms with van der Waals surface area (Å²) >= 11 is 0. The van der Waals surface area contributed by atoms with Crippen LogP contribution in [0.3, 0.4) is 0 Å². The number of aliphatic hydroxyl groups is 1. The van der Waals surface area contributed by atoms with E-state index in [1.54, 1.807) is 0 Å². The molecule has 0 bridgehead atoms. The van der Waals surface area contributed by atoms with E-state index in [1.807, 2.05) is 0 Å². The molecule has 2 aliphatic carbocycles. The van der Waals surface area contributed by atoms with Crippen molar-refractivity contribution in [1.82, 2.24) is 0 Å². The van der Waals surface area contributed by atoms with Crippen LogP contribution in [-0.2, 0) is 4.74 Å². The van der Waals surface area contributed by atoms with Gasteiger partial charge in [-0.2, -0.15) is 0 Å². The van der Waals surface area contributed by atoms with Crippen molar-refractivity contribution in [2.24, 2.45) is 28.9 Å². The SMILES string of the molecule is C[C@@H]1C(CCCOCCN)CCC2C[C@H](O)CC[C@@]21C. The molecule has 2 rings (SSSR count). The lowest BCUT2D eigenvalue weighted by Gasteiger charge is -2.53. The van der Waals surface area contributed by atoms with Crippen LogP contribution >= 0.6 is 0 Å². The van der Waals surface area contributed by atoms with Crippen molar-refractivity contribution in [3.8, 4) is 0 Å². The quantitative estimate of drug-likeness (QED) is 0.737. The maximum Gasteiger partial charge on any atom is 0.0588 e. The molecule has 0 heterocycles. The van der Waals surface area contributed by atoms with Gasteiger partial charge in [-0.1, -0.05) is 13.8 Å². The van der Waals surface area contributed by atoms with Gasteiger partial charge in [0.1, 0.15) is 0 Å². The second-order valence-electron chi connectivity index (χ2n) is 7.30. The van der Waals surface area contributed by atoms with Crippen molar-refractivity contribution in [2.75, 3.05) is 19.8 Å². The normalized spacial score (nSPS) is 41.4. The second kappa shape index (κ2) is 7.24. The maximum atomic E-state index is 9.91. The number of fused-ring (bicyclic) bond motifs is 1. The molecule has 0 aliphatic heterocycles. The molecule has 0 aromatic rings. The van der Waals surface area contributed by atoms with Crippen molar-refractivity contribution >= 4 is 0 Å². The van der Waals surface area contributed by atoms with E-state index in [0.29, 0.717) is 18.6 Å². The molecule has 2 unspecified atom stereocenters. The molecule has 0 aromatic heterocycles. The Bertz CT molecular complexity index is 297. The first kappa shape index (κ1) is 16.3. The van der Waals surface area contributed by atoms with Crippen LogP contribution in [-0.4, -0.2) is 31.0 Å². The molecule has 2 fully saturated rings. The van der Waals surface area contributed by atoms with Crippen LogP contribution in [0.25, 0.3) is 0 Å². The molecule has 2 aliphatic rings. The summed E-state index contributed by atoms with van der Waals surface area (Å²) in [7, 11) is 0. The lowest BCUT2D eigenvalue weighted by atomic mass is 9.52. The third kappa shape index (κ3) is 3.55. The van der Waals surface area contributed by atoms with Crippen LogP contribution in [0.1, 0.15) is 58.8 Å². The van der Waals surface area contributed by atoms with E-state index < -0.39 is 0 Å². The largest absolute Gasteiger partial charge is 0.393 e. The zero-order chi connectivity index (χ0) is 14.6. The van der Waals surface area contributed by atoms with Crippen molar-refractivity contribution in [2.45, 2.75) is 64.9 Å². The van der Waals surface area contributed by atoms with Gasteiger partial charge in [0.15, 0.2) is 0 Å². The predicted octanol–water partition coefficient (Wildman–Crippen LogP) is 2.96. The molecule has 20 heavy (non-hydrogen) atoms. The Morgan fingerprint density at radius 2 is 2.05 bits per heavy atom.